The van der Waals surface area contributed by atoms with Gasteiger partial charge in [-0.25, -0.2) is 9.50 Å². The molecule has 0 aliphatic heterocycles. The van der Waals surface area contributed by atoms with Crippen LogP contribution in [0.2, 0.25) is 5.02 Å². The molecule has 22 heavy (non-hydrogen) atoms. The van der Waals surface area contributed by atoms with Gasteiger partial charge >= 0.3 is 6.18 Å². The summed E-state index contributed by atoms with van der Waals surface area (Å²) in [5.41, 5.74) is -0.608. The van der Waals surface area contributed by atoms with Gasteiger partial charge in [-0.1, -0.05) is 23.7 Å². The second-order valence-electron chi connectivity index (χ2n) is 4.44. The van der Waals surface area contributed by atoms with E-state index in [2.05, 4.69) is 10.1 Å². The van der Waals surface area contributed by atoms with Gasteiger partial charge in [-0.05, 0) is 18.2 Å². The Kier molecular flexibility index (Phi) is 3.26. The molecule has 8 heteroatoms. The number of hydrogen-bond donors (Lipinski definition) is 0. The summed E-state index contributed by atoms with van der Waals surface area (Å²) in [5.74, 6) is 0. The van der Waals surface area contributed by atoms with E-state index in [1.165, 1.54) is 0 Å². The van der Waals surface area contributed by atoms with Gasteiger partial charge in [0.1, 0.15) is 11.6 Å². The molecular formula is C14H6ClF3N4. The summed E-state index contributed by atoms with van der Waals surface area (Å²) in [4.78, 5) is 4.11. The van der Waals surface area contributed by atoms with E-state index in [0.717, 1.165) is 12.3 Å². The van der Waals surface area contributed by atoms with Crippen molar-refractivity contribution in [2.75, 3.05) is 0 Å². The van der Waals surface area contributed by atoms with Gasteiger partial charge in [0.15, 0.2) is 11.3 Å². The molecule has 0 bridgehead atoms. The Morgan fingerprint density at radius 2 is 1.86 bits per heavy atom. The number of nitriles is 1. The highest BCUT2D eigenvalue weighted by Crippen LogP contribution is 2.32. The van der Waals surface area contributed by atoms with Crippen molar-refractivity contribution < 1.29 is 13.2 Å². The number of rotatable bonds is 1. The van der Waals surface area contributed by atoms with Gasteiger partial charge in [0.05, 0.1) is 11.9 Å². The van der Waals surface area contributed by atoms with Gasteiger partial charge in [-0.15, -0.1) is 0 Å². The normalized spacial score (nSPS) is 11.6. The molecule has 3 aromatic rings. The first-order valence-electron chi connectivity index (χ1n) is 6.02. The van der Waals surface area contributed by atoms with E-state index in [-0.39, 0.29) is 16.9 Å². The average molecular weight is 323 g/mol. The summed E-state index contributed by atoms with van der Waals surface area (Å²) in [6.07, 6.45) is -3.57. The third kappa shape index (κ3) is 2.38. The highest BCUT2D eigenvalue weighted by Gasteiger charge is 2.35. The Morgan fingerprint density at radius 1 is 1.18 bits per heavy atom. The average Bonchev–Trinajstić information content (AvgIpc) is 2.88. The predicted molar refractivity (Wildman–Crippen MR) is 73.2 cm³/mol. The van der Waals surface area contributed by atoms with E-state index in [4.69, 9.17) is 16.9 Å². The van der Waals surface area contributed by atoms with Crippen molar-refractivity contribution in [3.05, 3.63) is 52.8 Å². The molecule has 0 fully saturated rings. The van der Waals surface area contributed by atoms with Crippen LogP contribution in [0, 0.1) is 11.3 Å². The second-order valence-corrected chi connectivity index (χ2v) is 4.87. The highest BCUT2D eigenvalue weighted by molar-refractivity contribution is 6.30. The molecule has 2 heterocycles. The second kappa shape index (κ2) is 5.00. The van der Waals surface area contributed by atoms with Crippen molar-refractivity contribution in [2.45, 2.75) is 6.18 Å². The summed E-state index contributed by atoms with van der Waals surface area (Å²) >= 11 is 5.77. The fourth-order valence-corrected chi connectivity index (χ4v) is 2.14. The lowest BCUT2D eigenvalue weighted by Gasteiger charge is -2.11. The van der Waals surface area contributed by atoms with Crippen molar-refractivity contribution in [2.24, 2.45) is 0 Å². The molecule has 0 unspecified atom stereocenters. The standard InChI is InChI=1S/C14H6ClF3N4/c15-10-3-1-8(2-4-10)11-5-12(14(16,17)18)22-13(21-11)9(6-19)7-20-22/h1-5,7H. The summed E-state index contributed by atoms with van der Waals surface area (Å²) in [6, 6.07) is 8.90. The first-order valence-corrected chi connectivity index (χ1v) is 6.40. The van der Waals surface area contributed by atoms with Crippen LogP contribution < -0.4 is 0 Å². The fraction of sp³-hybridized carbons (Fsp3) is 0.0714. The van der Waals surface area contributed by atoms with Gasteiger partial charge in [0.25, 0.3) is 0 Å². The van der Waals surface area contributed by atoms with Gasteiger partial charge in [0.2, 0.25) is 0 Å². The Bertz CT molecular complexity index is 891. The van der Waals surface area contributed by atoms with Gasteiger partial charge in [-0.2, -0.15) is 23.5 Å². The molecule has 0 aliphatic carbocycles. The quantitative estimate of drug-likeness (QED) is 0.682. The van der Waals surface area contributed by atoms with Crippen molar-refractivity contribution in [1.82, 2.24) is 14.6 Å². The highest BCUT2D eigenvalue weighted by atomic mass is 35.5. The maximum absolute atomic E-state index is 13.2. The molecule has 0 atom stereocenters. The maximum Gasteiger partial charge on any atom is 0.433 e. The summed E-state index contributed by atoms with van der Waals surface area (Å²) < 4.78 is 40.2. The van der Waals surface area contributed by atoms with Crippen LogP contribution in [0.15, 0.2) is 36.5 Å². The number of nitrogens with zero attached hydrogens (tertiary/aromatic N) is 4. The lowest BCUT2D eigenvalue weighted by Crippen LogP contribution is -2.13. The van der Waals surface area contributed by atoms with Crippen LogP contribution in [0.25, 0.3) is 16.9 Å². The lowest BCUT2D eigenvalue weighted by molar-refractivity contribution is -0.142. The number of benzene rings is 1. The molecule has 0 saturated heterocycles. The molecular weight excluding hydrogens is 317 g/mol. The van der Waals surface area contributed by atoms with Crippen LogP contribution >= 0.6 is 11.6 Å². The van der Waals surface area contributed by atoms with E-state index in [1.54, 1.807) is 30.3 Å². The molecule has 3 rings (SSSR count). The van der Waals surface area contributed by atoms with E-state index in [1.807, 2.05) is 0 Å². The minimum absolute atomic E-state index is 0.0266. The molecule has 1 aromatic carbocycles. The lowest BCUT2D eigenvalue weighted by atomic mass is 10.1. The largest absolute Gasteiger partial charge is 0.433 e. The van der Waals surface area contributed by atoms with Crippen LogP contribution in [0.4, 0.5) is 13.2 Å². The van der Waals surface area contributed by atoms with Crippen molar-refractivity contribution in [1.29, 1.82) is 5.26 Å². The first-order chi connectivity index (χ1) is 10.4. The predicted octanol–water partition coefficient (Wildman–Crippen LogP) is 3.94. The van der Waals surface area contributed by atoms with Crippen molar-refractivity contribution in [3.63, 3.8) is 0 Å². The van der Waals surface area contributed by atoms with Gasteiger partial charge in [0, 0.05) is 10.6 Å². The van der Waals surface area contributed by atoms with E-state index in [0.29, 0.717) is 15.1 Å². The molecule has 0 radical (unpaired) electrons. The molecule has 4 nitrogen and oxygen atoms in total. The monoisotopic (exact) mass is 322 g/mol. The minimum Gasteiger partial charge on any atom is -0.227 e. The molecule has 0 amide bonds. The number of hydrogen-bond acceptors (Lipinski definition) is 3. The summed E-state index contributed by atoms with van der Waals surface area (Å²) in [5, 5.41) is 13.0. The summed E-state index contributed by atoms with van der Waals surface area (Å²) in [7, 11) is 0. The van der Waals surface area contributed by atoms with Crippen molar-refractivity contribution in [3.8, 4) is 17.3 Å². The van der Waals surface area contributed by atoms with Crippen LogP contribution in [-0.4, -0.2) is 14.6 Å². The van der Waals surface area contributed by atoms with E-state index in [9.17, 15) is 13.2 Å². The number of halogens is 4. The molecule has 0 saturated carbocycles. The molecule has 0 N–H and O–H groups in total. The van der Waals surface area contributed by atoms with Crippen LogP contribution in [0.1, 0.15) is 11.3 Å². The Labute approximate surface area is 127 Å². The third-order valence-corrected chi connectivity index (χ3v) is 3.27. The van der Waals surface area contributed by atoms with Crippen LogP contribution in [0.3, 0.4) is 0 Å². The zero-order valence-corrected chi connectivity index (χ0v) is 11.5. The van der Waals surface area contributed by atoms with Crippen LogP contribution in [-0.2, 0) is 6.18 Å². The smallest absolute Gasteiger partial charge is 0.227 e. The minimum atomic E-state index is -4.62. The topological polar surface area (TPSA) is 54.0 Å². The molecule has 110 valence electrons. The zero-order valence-electron chi connectivity index (χ0n) is 10.8. The third-order valence-electron chi connectivity index (χ3n) is 3.02. The Balaban J connectivity index is 2.32. The Morgan fingerprint density at radius 3 is 2.45 bits per heavy atom. The number of alkyl halides is 3. The van der Waals surface area contributed by atoms with Gasteiger partial charge < -0.3 is 0 Å². The van der Waals surface area contributed by atoms with Crippen LogP contribution in [0.5, 0.6) is 0 Å². The number of fused-ring (bicyclic) bond motifs is 1. The van der Waals surface area contributed by atoms with E-state index < -0.39 is 11.9 Å². The molecule has 0 spiro atoms. The molecule has 0 aliphatic rings. The number of aromatic nitrogens is 3. The zero-order chi connectivity index (χ0) is 15.9. The van der Waals surface area contributed by atoms with E-state index >= 15 is 0 Å². The Hall–Kier alpha value is -2.59. The molecule has 2 aromatic heterocycles. The fourth-order valence-electron chi connectivity index (χ4n) is 2.01. The maximum atomic E-state index is 13.2. The summed E-state index contributed by atoms with van der Waals surface area (Å²) in [6.45, 7) is 0. The SMILES string of the molecule is N#Cc1cnn2c(C(F)(F)F)cc(-c3ccc(Cl)cc3)nc12. The first kappa shape index (κ1) is 14.4. The van der Waals surface area contributed by atoms with Crippen molar-refractivity contribution >= 4 is 17.2 Å². The van der Waals surface area contributed by atoms with Gasteiger partial charge in [-0.3, -0.25) is 0 Å².